The Labute approximate surface area is 109 Å². The molecule has 8 N–H and O–H groups in total. The van der Waals surface area contributed by atoms with E-state index in [1.807, 2.05) is 0 Å². The quantitative estimate of drug-likeness (QED) is 0.214. The maximum absolute atomic E-state index is 10.1. The molecule has 0 aromatic heterocycles. The van der Waals surface area contributed by atoms with Crippen LogP contribution < -0.4 is 11.5 Å². The van der Waals surface area contributed by atoms with Gasteiger partial charge in [0.25, 0.3) is 0 Å². The number of isocyanates is 3. The van der Waals surface area contributed by atoms with Gasteiger partial charge in [-0.1, -0.05) is 6.42 Å². The van der Waals surface area contributed by atoms with Gasteiger partial charge < -0.3 is 16.6 Å². The van der Waals surface area contributed by atoms with Crippen LogP contribution in [0.25, 0.3) is 0 Å². The molecule has 0 spiro atoms. The van der Waals surface area contributed by atoms with Crippen LogP contribution in [0, 0.1) is 16.2 Å². The van der Waals surface area contributed by atoms with Crippen molar-refractivity contribution >= 4 is 24.2 Å². The largest absolute Gasteiger partial charge is 0.480 e. The van der Waals surface area contributed by atoms with E-state index in [1.54, 1.807) is 0 Å². The fourth-order valence-corrected chi connectivity index (χ4v) is 0.632. The molecule has 0 radical (unpaired) electrons. The number of carbonyl (C=O) groups is 1. The average Bonchev–Trinajstić information content (AvgIpc) is 2.32. The maximum atomic E-state index is 10.1. The van der Waals surface area contributed by atoms with Gasteiger partial charge in [-0.3, -0.25) is 4.79 Å². The monoisotopic (exact) mass is 275 g/mol. The van der Waals surface area contributed by atoms with Crippen molar-refractivity contribution < 1.29 is 24.3 Å². The molecule has 10 heteroatoms. The Hall–Kier alpha value is -2.47. The molecule has 0 aromatic rings. The predicted molar refractivity (Wildman–Crippen MR) is 63.8 cm³/mol. The summed E-state index contributed by atoms with van der Waals surface area (Å²) in [4.78, 5) is 35.2. The number of rotatable bonds is 5. The van der Waals surface area contributed by atoms with E-state index in [1.165, 1.54) is 0 Å². The van der Waals surface area contributed by atoms with Gasteiger partial charge in [-0.05, 0) is 19.4 Å². The Morgan fingerprint density at radius 3 is 1.58 bits per heavy atom. The minimum Gasteiger partial charge on any atom is -0.480 e. The number of carboxylic acids is 1. The van der Waals surface area contributed by atoms with Gasteiger partial charge >= 0.3 is 5.97 Å². The third kappa shape index (κ3) is 66.7. The lowest BCUT2D eigenvalue weighted by Gasteiger charge is -2.03. The summed E-state index contributed by atoms with van der Waals surface area (Å²) in [5, 5.41) is 24.5. The summed E-state index contributed by atoms with van der Waals surface area (Å²) in [6, 6.07) is -0.716. The van der Waals surface area contributed by atoms with E-state index >= 15 is 0 Å². The second-order valence-electron chi connectivity index (χ2n) is 2.54. The molecule has 0 unspecified atom stereocenters. The molecule has 0 bridgehead atoms. The topological polar surface area (TPSA) is 212 Å². The van der Waals surface area contributed by atoms with E-state index in [0.29, 0.717) is 13.0 Å². The lowest BCUT2D eigenvalue weighted by Crippen LogP contribution is -2.29. The molecule has 0 rings (SSSR count). The van der Waals surface area contributed by atoms with E-state index in [4.69, 9.17) is 47.2 Å². The Balaban J connectivity index is -0.000000103. The normalized spacial score (nSPS) is 8.11. The van der Waals surface area contributed by atoms with Crippen molar-refractivity contribution in [3.63, 3.8) is 0 Å². The SMILES string of the molecule is N=C=O.N=C=O.N=C=O.NCCCC[C@H](N)C(=O)O. The fourth-order valence-electron chi connectivity index (χ4n) is 0.632. The number of carboxylic acid groups (broad SMARTS) is 1. The van der Waals surface area contributed by atoms with Crippen molar-refractivity contribution in [2.24, 2.45) is 11.5 Å². The fraction of sp³-hybridized carbons (Fsp3) is 0.556. The first-order valence-electron chi connectivity index (χ1n) is 4.73. The van der Waals surface area contributed by atoms with Crippen molar-refractivity contribution in [3.8, 4) is 0 Å². The number of hydrogen-bond donors (Lipinski definition) is 6. The van der Waals surface area contributed by atoms with Crippen LogP contribution >= 0.6 is 0 Å². The van der Waals surface area contributed by atoms with Crippen molar-refractivity contribution in [2.45, 2.75) is 25.3 Å². The zero-order valence-corrected chi connectivity index (χ0v) is 10.1. The Bertz CT molecular complexity index is 274. The molecule has 19 heavy (non-hydrogen) atoms. The minimum absolute atomic E-state index is 0.520. The van der Waals surface area contributed by atoms with Gasteiger partial charge in [-0.15, -0.1) is 0 Å². The first-order chi connectivity index (χ1) is 8.92. The van der Waals surface area contributed by atoms with E-state index < -0.39 is 12.0 Å². The van der Waals surface area contributed by atoms with Crippen molar-refractivity contribution in [2.75, 3.05) is 6.54 Å². The lowest BCUT2D eigenvalue weighted by atomic mass is 10.1. The summed E-state index contributed by atoms with van der Waals surface area (Å²) < 4.78 is 0. The predicted octanol–water partition coefficient (Wildman–Crippen LogP) is -0.770. The second-order valence-corrected chi connectivity index (χ2v) is 2.54. The van der Waals surface area contributed by atoms with E-state index in [2.05, 4.69) is 0 Å². The molecular formula is C9H17N5O5. The summed E-state index contributed by atoms with van der Waals surface area (Å²) in [5.74, 6) is -0.933. The molecular weight excluding hydrogens is 258 g/mol. The lowest BCUT2D eigenvalue weighted by molar-refractivity contribution is -0.138. The summed E-state index contributed by atoms with van der Waals surface area (Å²) >= 11 is 0. The average molecular weight is 275 g/mol. The summed E-state index contributed by atoms with van der Waals surface area (Å²) in [5.41, 5.74) is 10.4. The van der Waals surface area contributed by atoms with Crippen molar-refractivity contribution in [1.82, 2.24) is 0 Å². The highest BCUT2D eigenvalue weighted by atomic mass is 16.4. The number of unbranched alkanes of at least 4 members (excludes halogenated alkanes) is 1. The Kier molecular flexibility index (Phi) is 39.5. The molecule has 0 fully saturated rings. The highest BCUT2D eigenvalue weighted by molar-refractivity contribution is 5.72. The number of aliphatic carboxylic acids is 1. The summed E-state index contributed by atoms with van der Waals surface area (Å²) in [6.45, 7) is 0.604. The number of hydrogen-bond acceptors (Lipinski definition) is 9. The third-order valence-electron chi connectivity index (χ3n) is 1.29. The Morgan fingerprint density at radius 1 is 1.05 bits per heavy atom. The molecule has 0 amide bonds. The van der Waals surface area contributed by atoms with Gasteiger partial charge in [0.15, 0.2) is 0 Å². The Morgan fingerprint density at radius 2 is 1.37 bits per heavy atom. The van der Waals surface area contributed by atoms with Crippen LogP contribution in [0.1, 0.15) is 19.3 Å². The first-order valence-corrected chi connectivity index (χ1v) is 4.73. The van der Waals surface area contributed by atoms with Crippen LogP contribution in [0.5, 0.6) is 0 Å². The van der Waals surface area contributed by atoms with Crippen molar-refractivity contribution in [1.29, 1.82) is 16.2 Å². The van der Waals surface area contributed by atoms with Gasteiger partial charge in [-0.2, -0.15) is 0 Å². The highest BCUT2D eigenvalue weighted by Gasteiger charge is 2.09. The van der Waals surface area contributed by atoms with Crippen LogP contribution in [0.2, 0.25) is 0 Å². The number of nitrogens with one attached hydrogen (secondary N) is 3. The van der Waals surface area contributed by atoms with E-state index in [-0.39, 0.29) is 0 Å². The smallest absolute Gasteiger partial charge is 0.320 e. The zero-order valence-electron chi connectivity index (χ0n) is 10.1. The van der Waals surface area contributed by atoms with Crippen LogP contribution in [0.15, 0.2) is 0 Å². The molecule has 10 nitrogen and oxygen atoms in total. The van der Waals surface area contributed by atoms with Gasteiger partial charge in [0.05, 0.1) is 0 Å². The maximum Gasteiger partial charge on any atom is 0.320 e. The van der Waals surface area contributed by atoms with Gasteiger partial charge in [0.2, 0.25) is 18.2 Å². The van der Waals surface area contributed by atoms with Crippen LogP contribution in [0.3, 0.4) is 0 Å². The minimum atomic E-state index is -0.933. The highest BCUT2D eigenvalue weighted by Crippen LogP contribution is 1.96. The van der Waals surface area contributed by atoms with Gasteiger partial charge in [-0.25, -0.2) is 30.6 Å². The van der Waals surface area contributed by atoms with Crippen LogP contribution in [0.4, 0.5) is 0 Å². The zero-order chi connectivity index (χ0) is 16.1. The molecule has 0 aliphatic carbocycles. The first kappa shape index (κ1) is 25.4. The number of carbonyl (C=O) groups excluding carboxylic acids is 3. The molecule has 0 aliphatic heterocycles. The molecule has 0 aromatic carbocycles. The number of nitrogens with two attached hydrogens (primary N) is 2. The summed E-state index contributed by atoms with van der Waals surface area (Å²) in [7, 11) is 0. The second kappa shape index (κ2) is 29.6. The molecule has 1 atom stereocenters. The van der Waals surface area contributed by atoms with Gasteiger partial charge in [0, 0.05) is 0 Å². The molecule has 0 saturated carbocycles. The molecule has 0 heterocycles. The van der Waals surface area contributed by atoms with Gasteiger partial charge in [0.1, 0.15) is 6.04 Å². The summed E-state index contributed by atoms with van der Waals surface area (Å²) in [6.07, 6.45) is 4.41. The molecule has 108 valence electrons. The van der Waals surface area contributed by atoms with Crippen LogP contribution in [-0.2, 0) is 19.2 Å². The third-order valence-corrected chi connectivity index (χ3v) is 1.29. The molecule has 0 aliphatic rings. The van der Waals surface area contributed by atoms with Crippen molar-refractivity contribution in [3.05, 3.63) is 0 Å². The van der Waals surface area contributed by atoms with Crippen LogP contribution in [-0.4, -0.2) is 41.9 Å². The van der Waals surface area contributed by atoms with E-state index in [9.17, 15) is 4.79 Å². The van der Waals surface area contributed by atoms with E-state index in [0.717, 1.165) is 31.1 Å². The standard InChI is InChI=1S/C6H14N2O2.3CHNO/c7-4-2-1-3-5(8)6(9)10;3*2-1-3/h5H,1-4,7-8H2,(H,9,10);3*2H/t5-;;;/m0.../s1. The molecule has 0 saturated heterocycles.